The molecule has 1 aliphatic carbocycles. The zero-order valence-corrected chi connectivity index (χ0v) is 10.7. The van der Waals surface area contributed by atoms with Gasteiger partial charge in [0.05, 0.1) is 0 Å². The lowest BCUT2D eigenvalue weighted by atomic mass is 10.0. The molecule has 2 nitrogen and oxygen atoms in total. The highest BCUT2D eigenvalue weighted by molar-refractivity contribution is 5.78. The minimum atomic E-state index is 0.305. The van der Waals surface area contributed by atoms with Gasteiger partial charge in [-0.3, -0.25) is 4.79 Å². The topological polar surface area (TPSA) is 20.3 Å². The second kappa shape index (κ2) is 6.72. The molecule has 16 heavy (non-hydrogen) atoms. The molecule has 0 bridgehead atoms. The van der Waals surface area contributed by atoms with E-state index in [0.29, 0.717) is 11.8 Å². The number of carbonyl (C=O) groups excluding carboxylic acids is 1. The fourth-order valence-corrected chi connectivity index (χ4v) is 2.49. The highest BCUT2D eigenvalue weighted by Crippen LogP contribution is 2.31. The summed E-state index contributed by atoms with van der Waals surface area (Å²) in [5.74, 6) is 1.41. The summed E-state index contributed by atoms with van der Waals surface area (Å²) in [5, 5.41) is 0. The lowest BCUT2D eigenvalue weighted by Gasteiger charge is -2.20. The van der Waals surface area contributed by atoms with Crippen molar-refractivity contribution < 1.29 is 4.79 Å². The predicted molar refractivity (Wildman–Crippen MR) is 68.2 cm³/mol. The van der Waals surface area contributed by atoms with Gasteiger partial charge in [-0.15, -0.1) is 6.58 Å². The van der Waals surface area contributed by atoms with Crippen LogP contribution in [-0.4, -0.2) is 24.4 Å². The predicted octanol–water partition coefficient (Wildman–Crippen LogP) is 3.24. The molecule has 0 heterocycles. The first-order valence-corrected chi connectivity index (χ1v) is 6.51. The second-order valence-corrected chi connectivity index (χ2v) is 5.16. The van der Waals surface area contributed by atoms with E-state index >= 15 is 0 Å². The Hall–Kier alpha value is -0.790. The van der Waals surface area contributed by atoms with Crippen LogP contribution < -0.4 is 0 Å². The number of hydrogen-bond acceptors (Lipinski definition) is 1. The largest absolute Gasteiger partial charge is 0.346 e. The molecule has 1 aliphatic rings. The van der Waals surface area contributed by atoms with Crippen LogP contribution in [0.25, 0.3) is 0 Å². The number of rotatable bonds is 6. The molecule has 1 rings (SSSR count). The van der Waals surface area contributed by atoms with Crippen molar-refractivity contribution in [1.82, 2.24) is 4.90 Å². The monoisotopic (exact) mass is 223 g/mol. The minimum Gasteiger partial charge on any atom is -0.346 e. The first-order chi connectivity index (χ1) is 7.65. The average molecular weight is 223 g/mol. The highest BCUT2D eigenvalue weighted by Gasteiger charge is 2.28. The summed E-state index contributed by atoms with van der Waals surface area (Å²) >= 11 is 0. The van der Waals surface area contributed by atoms with E-state index in [0.717, 1.165) is 44.6 Å². The van der Waals surface area contributed by atoms with E-state index in [-0.39, 0.29) is 0 Å². The van der Waals surface area contributed by atoms with Gasteiger partial charge >= 0.3 is 0 Å². The average Bonchev–Trinajstić information content (AvgIpc) is 2.70. The van der Waals surface area contributed by atoms with Crippen molar-refractivity contribution in [2.24, 2.45) is 11.8 Å². The maximum atomic E-state index is 12.1. The maximum absolute atomic E-state index is 12.1. The van der Waals surface area contributed by atoms with Gasteiger partial charge in [0.1, 0.15) is 0 Å². The molecule has 0 aliphatic heterocycles. The summed E-state index contributed by atoms with van der Waals surface area (Å²) in [6.07, 6.45) is 8.65. The summed E-state index contributed by atoms with van der Waals surface area (Å²) in [5.41, 5.74) is 0. The SMILES string of the molecule is C=CCCCCN(C)C(=O)[C@H]1CC[C@@H](C)C1. The van der Waals surface area contributed by atoms with Crippen LogP contribution in [0.15, 0.2) is 12.7 Å². The van der Waals surface area contributed by atoms with Crippen molar-refractivity contribution in [2.75, 3.05) is 13.6 Å². The molecule has 0 unspecified atom stereocenters. The summed E-state index contributed by atoms with van der Waals surface area (Å²) < 4.78 is 0. The second-order valence-electron chi connectivity index (χ2n) is 5.16. The number of amides is 1. The van der Waals surface area contributed by atoms with Crippen LogP contribution in [0.4, 0.5) is 0 Å². The number of hydrogen-bond donors (Lipinski definition) is 0. The van der Waals surface area contributed by atoms with Crippen LogP contribution in [-0.2, 0) is 4.79 Å². The normalized spacial score (nSPS) is 24.4. The van der Waals surface area contributed by atoms with Crippen LogP contribution in [0.1, 0.15) is 45.4 Å². The highest BCUT2D eigenvalue weighted by atomic mass is 16.2. The van der Waals surface area contributed by atoms with Gasteiger partial charge in [0.15, 0.2) is 0 Å². The van der Waals surface area contributed by atoms with Crippen molar-refractivity contribution in [3.05, 3.63) is 12.7 Å². The standard InChI is InChI=1S/C14H25NO/c1-4-5-6-7-10-15(3)14(16)13-9-8-12(2)11-13/h4,12-13H,1,5-11H2,2-3H3/t12-,13+/m1/s1. The van der Waals surface area contributed by atoms with E-state index in [2.05, 4.69) is 13.5 Å². The number of nitrogens with zero attached hydrogens (tertiary/aromatic N) is 1. The number of carbonyl (C=O) groups is 1. The minimum absolute atomic E-state index is 0.305. The van der Waals surface area contributed by atoms with Crippen LogP contribution in [0.5, 0.6) is 0 Å². The summed E-state index contributed by atoms with van der Waals surface area (Å²) in [4.78, 5) is 14.0. The quantitative estimate of drug-likeness (QED) is 0.500. The van der Waals surface area contributed by atoms with Crippen molar-refractivity contribution in [3.8, 4) is 0 Å². The molecule has 2 heteroatoms. The molecule has 1 amide bonds. The van der Waals surface area contributed by atoms with E-state index in [1.165, 1.54) is 6.42 Å². The Labute approximate surface area is 99.7 Å². The zero-order valence-electron chi connectivity index (χ0n) is 10.7. The molecule has 0 radical (unpaired) electrons. The molecule has 0 N–H and O–H groups in total. The van der Waals surface area contributed by atoms with E-state index < -0.39 is 0 Å². The lowest BCUT2D eigenvalue weighted by Crippen LogP contribution is -2.32. The van der Waals surface area contributed by atoms with Gasteiger partial charge in [-0.05, 0) is 44.4 Å². The smallest absolute Gasteiger partial charge is 0.225 e. The molecular formula is C14H25NO. The van der Waals surface area contributed by atoms with Gasteiger partial charge in [0.25, 0.3) is 0 Å². The Bertz CT molecular complexity index is 237. The van der Waals surface area contributed by atoms with Crippen molar-refractivity contribution in [1.29, 1.82) is 0 Å². The Morgan fingerprint density at radius 2 is 2.19 bits per heavy atom. The summed E-state index contributed by atoms with van der Waals surface area (Å²) in [6, 6.07) is 0. The fraction of sp³-hybridized carbons (Fsp3) is 0.786. The number of unbranched alkanes of at least 4 members (excludes halogenated alkanes) is 2. The first-order valence-electron chi connectivity index (χ1n) is 6.51. The van der Waals surface area contributed by atoms with E-state index in [1.807, 2.05) is 18.0 Å². The zero-order chi connectivity index (χ0) is 12.0. The van der Waals surface area contributed by atoms with Crippen molar-refractivity contribution >= 4 is 5.91 Å². The molecular weight excluding hydrogens is 198 g/mol. The Morgan fingerprint density at radius 3 is 2.75 bits per heavy atom. The molecule has 0 aromatic heterocycles. The number of allylic oxidation sites excluding steroid dienone is 1. The van der Waals surface area contributed by atoms with Crippen LogP contribution in [0, 0.1) is 11.8 Å². The van der Waals surface area contributed by atoms with Crippen LogP contribution in [0.2, 0.25) is 0 Å². The van der Waals surface area contributed by atoms with Gasteiger partial charge in [0.2, 0.25) is 5.91 Å². The third-order valence-corrected chi connectivity index (χ3v) is 3.57. The van der Waals surface area contributed by atoms with Gasteiger partial charge in [-0.2, -0.15) is 0 Å². The van der Waals surface area contributed by atoms with Gasteiger partial charge in [-0.1, -0.05) is 13.0 Å². The third kappa shape index (κ3) is 3.99. The summed E-state index contributed by atoms with van der Waals surface area (Å²) in [6.45, 7) is 6.85. The van der Waals surface area contributed by atoms with E-state index in [4.69, 9.17) is 0 Å². The van der Waals surface area contributed by atoms with Crippen molar-refractivity contribution in [3.63, 3.8) is 0 Å². The molecule has 1 saturated carbocycles. The van der Waals surface area contributed by atoms with Gasteiger partial charge in [0, 0.05) is 19.5 Å². The molecule has 0 saturated heterocycles. The Morgan fingerprint density at radius 1 is 1.44 bits per heavy atom. The fourth-order valence-electron chi connectivity index (χ4n) is 2.49. The molecule has 0 spiro atoms. The van der Waals surface area contributed by atoms with Gasteiger partial charge < -0.3 is 4.90 Å². The molecule has 0 aromatic carbocycles. The van der Waals surface area contributed by atoms with Crippen LogP contribution in [0.3, 0.4) is 0 Å². The molecule has 92 valence electrons. The Balaban J connectivity index is 2.22. The molecule has 1 fully saturated rings. The van der Waals surface area contributed by atoms with E-state index in [1.54, 1.807) is 0 Å². The summed E-state index contributed by atoms with van der Waals surface area (Å²) in [7, 11) is 1.94. The first kappa shape index (κ1) is 13.3. The van der Waals surface area contributed by atoms with Crippen molar-refractivity contribution in [2.45, 2.75) is 45.4 Å². The van der Waals surface area contributed by atoms with Crippen LogP contribution >= 0.6 is 0 Å². The molecule has 0 aromatic rings. The van der Waals surface area contributed by atoms with Gasteiger partial charge in [-0.25, -0.2) is 0 Å². The Kier molecular flexibility index (Phi) is 5.58. The maximum Gasteiger partial charge on any atom is 0.225 e. The lowest BCUT2D eigenvalue weighted by molar-refractivity contribution is -0.134. The van der Waals surface area contributed by atoms with E-state index in [9.17, 15) is 4.79 Å². The molecule has 2 atom stereocenters. The third-order valence-electron chi connectivity index (χ3n) is 3.57.